The third kappa shape index (κ3) is 18.6. The van der Waals surface area contributed by atoms with Gasteiger partial charge in [-0.25, -0.2) is 0 Å². The summed E-state index contributed by atoms with van der Waals surface area (Å²) >= 11 is 0. The summed E-state index contributed by atoms with van der Waals surface area (Å²) in [5.74, 6) is 0. The van der Waals surface area contributed by atoms with E-state index in [1.54, 1.807) is 0 Å². The van der Waals surface area contributed by atoms with E-state index >= 15 is 0 Å². The van der Waals surface area contributed by atoms with Crippen molar-refractivity contribution in [3.63, 3.8) is 0 Å². The van der Waals surface area contributed by atoms with Gasteiger partial charge in [0.25, 0.3) is 0 Å². The Morgan fingerprint density at radius 1 is 1.57 bits per heavy atom. The molecule has 1 atom stereocenters. The van der Waals surface area contributed by atoms with Crippen molar-refractivity contribution in [3.05, 3.63) is 0 Å². The van der Waals surface area contributed by atoms with Crippen molar-refractivity contribution in [3.8, 4) is 0 Å². The van der Waals surface area contributed by atoms with Gasteiger partial charge in [-0.2, -0.15) is 0 Å². The number of hydrogen-bond donors (Lipinski definition) is 2. The van der Waals surface area contributed by atoms with Crippen molar-refractivity contribution in [2.75, 3.05) is 6.61 Å². The third-order valence-electron chi connectivity index (χ3n) is 0.264. The zero-order valence-corrected chi connectivity index (χ0v) is 4.40. The van der Waals surface area contributed by atoms with Gasteiger partial charge in [-0.05, 0) is 6.92 Å². The van der Waals surface area contributed by atoms with Gasteiger partial charge >= 0.3 is 37.7 Å². The third-order valence-corrected chi connectivity index (χ3v) is 0.264. The molecule has 0 heterocycles. The average Bonchev–Trinajstić information content (AvgIpc) is 1.38. The van der Waals surface area contributed by atoms with Crippen LogP contribution in [0.3, 0.4) is 0 Å². The maximum atomic E-state index is 8.11. The Morgan fingerprint density at radius 2 is 1.71 bits per heavy atom. The van der Waals surface area contributed by atoms with Gasteiger partial charge in [0.1, 0.15) is 0 Å². The van der Waals surface area contributed by atoms with Gasteiger partial charge in [-0.1, -0.05) is 0 Å². The van der Waals surface area contributed by atoms with Crippen LogP contribution in [-0.4, -0.2) is 60.7 Å². The molecule has 0 saturated carbocycles. The topological polar surface area (TPSA) is 40.5 Å². The number of halogens is 1. The Balaban J connectivity index is -0.0000000800. The van der Waals surface area contributed by atoms with Gasteiger partial charge in [-0.3, -0.25) is 0 Å². The van der Waals surface area contributed by atoms with E-state index in [4.69, 9.17) is 10.2 Å². The monoisotopic (exact) mass is 154 g/mol. The summed E-state index contributed by atoms with van der Waals surface area (Å²) in [5, 5.41) is 16.0. The van der Waals surface area contributed by atoms with E-state index in [2.05, 4.69) is 0 Å². The van der Waals surface area contributed by atoms with Crippen LogP contribution in [0.15, 0.2) is 0 Å². The maximum absolute atomic E-state index is 8.11. The van der Waals surface area contributed by atoms with Crippen molar-refractivity contribution < 1.29 is 10.2 Å². The van der Waals surface area contributed by atoms with Crippen LogP contribution in [0.25, 0.3) is 0 Å². The van der Waals surface area contributed by atoms with Gasteiger partial charge in [-0.15, -0.1) is 12.4 Å². The molecule has 0 amide bonds. The summed E-state index contributed by atoms with van der Waals surface area (Å²) in [6, 6.07) is 0. The van der Waals surface area contributed by atoms with Crippen LogP contribution in [0.2, 0.25) is 0 Å². The number of hydrogen-bond acceptors (Lipinski definition) is 2. The SMILES string of the molecule is CC(O)CO.Cl.[CaH2]. The second-order valence-corrected chi connectivity index (χ2v) is 1.03. The second kappa shape index (κ2) is 10.5. The van der Waals surface area contributed by atoms with E-state index in [1.165, 1.54) is 6.92 Å². The summed E-state index contributed by atoms with van der Waals surface area (Å²) in [4.78, 5) is 0. The molecule has 0 aliphatic rings. The second-order valence-electron chi connectivity index (χ2n) is 1.03. The molecule has 0 spiro atoms. The molecule has 0 aromatic heterocycles. The molecule has 44 valence electrons. The van der Waals surface area contributed by atoms with E-state index in [-0.39, 0.29) is 56.8 Å². The van der Waals surface area contributed by atoms with E-state index in [9.17, 15) is 0 Å². The first-order valence-corrected chi connectivity index (χ1v) is 1.56. The van der Waals surface area contributed by atoms with Crippen LogP contribution >= 0.6 is 12.4 Å². The van der Waals surface area contributed by atoms with E-state index in [1.807, 2.05) is 0 Å². The van der Waals surface area contributed by atoms with Crippen LogP contribution in [0.1, 0.15) is 6.92 Å². The predicted octanol–water partition coefficient (Wildman–Crippen LogP) is -1.13. The first kappa shape index (κ1) is 15.8. The molecule has 2 nitrogen and oxygen atoms in total. The van der Waals surface area contributed by atoms with Crippen LogP contribution < -0.4 is 0 Å². The molecular formula is C3H11CaClO2. The molecule has 0 rings (SSSR count). The van der Waals surface area contributed by atoms with Crippen LogP contribution in [0, 0.1) is 0 Å². The van der Waals surface area contributed by atoms with Crippen molar-refractivity contribution in [1.29, 1.82) is 0 Å². The molecule has 1 unspecified atom stereocenters. The Hall–Kier alpha value is 1.47. The Bertz CT molecular complexity index is 26.9. The van der Waals surface area contributed by atoms with E-state index < -0.39 is 6.10 Å². The Labute approximate surface area is 79.3 Å². The Kier molecular flexibility index (Phi) is 23.6. The zero-order valence-electron chi connectivity index (χ0n) is 3.59. The van der Waals surface area contributed by atoms with Crippen molar-refractivity contribution >= 4 is 50.1 Å². The van der Waals surface area contributed by atoms with Crippen molar-refractivity contribution in [2.45, 2.75) is 13.0 Å². The summed E-state index contributed by atoms with van der Waals surface area (Å²) in [6.07, 6.45) is -0.560. The quantitative estimate of drug-likeness (QED) is 0.469. The number of rotatable bonds is 1. The molecule has 4 heteroatoms. The molecular weight excluding hydrogens is 144 g/mol. The number of aliphatic hydroxyl groups is 2. The molecule has 0 fully saturated rings. The normalized spacial score (nSPS) is 10.7. The average molecular weight is 155 g/mol. The molecule has 2 N–H and O–H groups in total. The van der Waals surface area contributed by atoms with Crippen LogP contribution in [-0.2, 0) is 0 Å². The van der Waals surface area contributed by atoms with E-state index in [0.717, 1.165) is 0 Å². The minimum atomic E-state index is -0.560. The molecule has 0 radical (unpaired) electrons. The molecule has 7 heavy (non-hydrogen) atoms. The zero-order chi connectivity index (χ0) is 4.28. The van der Waals surface area contributed by atoms with E-state index in [0.29, 0.717) is 0 Å². The molecule has 0 aliphatic heterocycles. The van der Waals surface area contributed by atoms with Gasteiger partial charge in [0.05, 0.1) is 12.7 Å². The van der Waals surface area contributed by atoms with Crippen LogP contribution in [0.4, 0.5) is 0 Å². The van der Waals surface area contributed by atoms with Crippen molar-refractivity contribution in [2.24, 2.45) is 0 Å². The summed E-state index contributed by atoms with van der Waals surface area (Å²) in [7, 11) is 0. The molecule has 0 bridgehead atoms. The van der Waals surface area contributed by atoms with Gasteiger partial charge < -0.3 is 10.2 Å². The predicted molar refractivity (Wildman–Crippen MR) is 34.6 cm³/mol. The van der Waals surface area contributed by atoms with Gasteiger partial charge in [0, 0.05) is 0 Å². The summed E-state index contributed by atoms with van der Waals surface area (Å²) < 4.78 is 0. The fourth-order valence-electron chi connectivity index (χ4n) is 0. The number of aliphatic hydroxyl groups excluding tert-OH is 2. The first-order valence-electron chi connectivity index (χ1n) is 1.56. The fraction of sp³-hybridized carbons (Fsp3) is 1.00. The van der Waals surface area contributed by atoms with Crippen molar-refractivity contribution in [1.82, 2.24) is 0 Å². The Morgan fingerprint density at radius 3 is 1.71 bits per heavy atom. The van der Waals surface area contributed by atoms with Gasteiger partial charge in [0.15, 0.2) is 0 Å². The summed E-state index contributed by atoms with van der Waals surface area (Å²) in [6.45, 7) is 1.39. The standard InChI is InChI=1S/C3H8O2.Ca.ClH.2H/c1-3(5)2-4;;;;/h3-5H,2H2,1H3;;1H;;. The van der Waals surface area contributed by atoms with Crippen LogP contribution in [0.5, 0.6) is 0 Å². The molecule has 0 aromatic carbocycles. The van der Waals surface area contributed by atoms with Gasteiger partial charge in [0.2, 0.25) is 0 Å². The summed E-state index contributed by atoms with van der Waals surface area (Å²) in [5.41, 5.74) is 0. The molecule has 0 aliphatic carbocycles. The first-order chi connectivity index (χ1) is 2.27. The molecule has 0 aromatic rings. The minimum absolute atomic E-state index is 0. The molecule has 0 saturated heterocycles. The fourth-order valence-corrected chi connectivity index (χ4v) is 0.